The van der Waals surface area contributed by atoms with Crippen molar-refractivity contribution in [1.29, 1.82) is 0 Å². The molecule has 0 spiro atoms. The van der Waals surface area contributed by atoms with E-state index >= 15 is 0 Å². The summed E-state index contributed by atoms with van der Waals surface area (Å²) in [6.45, 7) is 1.96. The van der Waals surface area contributed by atoms with Crippen LogP contribution in [0.4, 0.5) is 0 Å². The highest BCUT2D eigenvalue weighted by atomic mass is 35.5. The highest BCUT2D eigenvalue weighted by molar-refractivity contribution is 6.17. The SMILES string of the molecule is Cc1cc(-c2nnc(CCCCl)o2)c2ccccc2n1. The molecule has 3 aromatic rings. The summed E-state index contributed by atoms with van der Waals surface area (Å²) in [6.07, 6.45) is 1.54. The zero-order chi connectivity index (χ0) is 13.9. The van der Waals surface area contributed by atoms with Crippen LogP contribution < -0.4 is 0 Å². The van der Waals surface area contributed by atoms with Crippen LogP contribution in [0.25, 0.3) is 22.4 Å². The second-order valence-corrected chi connectivity index (χ2v) is 5.00. The molecular weight excluding hydrogens is 274 g/mol. The van der Waals surface area contributed by atoms with Crippen molar-refractivity contribution < 1.29 is 4.42 Å². The number of aryl methyl sites for hydroxylation is 2. The van der Waals surface area contributed by atoms with Crippen molar-refractivity contribution in [3.63, 3.8) is 0 Å². The number of aromatic nitrogens is 3. The summed E-state index contributed by atoms with van der Waals surface area (Å²) in [5, 5.41) is 9.23. The number of fused-ring (bicyclic) bond motifs is 1. The Balaban J connectivity index is 2.07. The normalized spacial score (nSPS) is 11.1. The van der Waals surface area contributed by atoms with Crippen molar-refractivity contribution in [2.45, 2.75) is 19.8 Å². The topological polar surface area (TPSA) is 51.8 Å². The van der Waals surface area contributed by atoms with Gasteiger partial charge in [-0.25, -0.2) is 0 Å². The van der Waals surface area contributed by atoms with Gasteiger partial charge in [-0.2, -0.15) is 0 Å². The zero-order valence-corrected chi connectivity index (χ0v) is 11.9. The number of hydrogen-bond donors (Lipinski definition) is 0. The summed E-state index contributed by atoms with van der Waals surface area (Å²) in [6, 6.07) is 9.92. The predicted octanol–water partition coefficient (Wildman–Crippen LogP) is 3.76. The average molecular weight is 288 g/mol. The Hall–Kier alpha value is -1.94. The van der Waals surface area contributed by atoms with Gasteiger partial charge in [0.25, 0.3) is 0 Å². The van der Waals surface area contributed by atoms with E-state index in [4.69, 9.17) is 16.0 Å². The standard InChI is InChI=1S/C15H14ClN3O/c1-10-9-12(11-5-2-3-6-13(11)17-10)15-19-18-14(20-15)7-4-8-16/h2-3,5-6,9H,4,7-8H2,1H3. The first-order valence-corrected chi connectivity index (χ1v) is 7.06. The van der Waals surface area contributed by atoms with Gasteiger partial charge in [-0.1, -0.05) is 18.2 Å². The molecule has 2 aromatic heterocycles. The quantitative estimate of drug-likeness (QED) is 0.686. The minimum atomic E-state index is 0.538. The largest absolute Gasteiger partial charge is 0.421 e. The summed E-state index contributed by atoms with van der Waals surface area (Å²) in [4.78, 5) is 4.51. The zero-order valence-electron chi connectivity index (χ0n) is 11.1. The molecular formula is C15H14ClN3O. The molecule has 0 fully saturated rings. The number of pyridine rings is 1. The fourth-order valence-electron chi connectivity index (χ4n) is 2.17. The Bertz CT molecular complexity index is 739. The van der Waals surface area contributed by atoms with Gasteiger partial charge in [-0.3, -0.25) is 4.98 Å². The maximum absolute atomic E-state index is 5.73. The average Bonchev–Trinajstić information content (AvgIpc) is 2.93. The second-order valence-electron chi connectivity index (χ2n) is 4.62. The highest BCUT2D eigenvalue weighted by Gasteiger charge is 2.12. The third kappa shape index (κ3) is 2.51. The number of para-hydroxylation sites is 1. The van der Waals surface area contributed by atoms with E-state index in [1.807, 2.05) is 37.3 Å². The lowest BCUT2D eigenvalue weighted by atomic mass is 10.1. The fourth-order valence-corrected chi connectivity index (χ4v) is 2.30. The Labute approximate surface area is 121 Å². The molecule has 102 valence electrons. The van der Waals surface area contributed by atoms with Crippen LogP contribution in [-0.4, -0.2) is 21.1 Å². The van der Waals surface area contributed by atoms with E-state index < -0.39 is 0 Å². The number of nitrogens with zero attached hydrogens (tertiary/aromatic N) is 3. The molecule has 0 unspecified atom stereocenters. The van der Waals surface area contributed by atoms with Crippen molar-refractivity contribution in [3.8, 4) is 11.5 Å². The van der Waals surface area contributed by atoms with Crippen molar-refractivity contribution in [3.05, 3.63) is 41.9 Å². The van der Waals surface area contributed by atoms with E-state index in [2.05, 4.69) is 15.2 Å². The molecule has 0 amide bonds. The van der Waals surface area contributed by atoms with Crippen LogP contribution in [-0.2, 0) is 6.42 Å². The van der Waals surface area contributed by atoms with Gasteiger partial charge in [-0.05, 0) is 25.5 Å². The lowest BCUT2D eigenvalue weighted by Crippen LogP contribution is -1.88. The molecule has 0 aliphatic heterocycles. The monoisotopic (exact) mass is 287 g/mol. The van der Waals surface area contributed by atoms with Crippen LogP contribution >= 0.6 is 11.6 Å². The first-order chi connectivity index (χ1) is 9.78. The summed E-state index contributed by atoms with van der Waals surface area (Å²) in [5.41, 5.74) is 2.79. The molecule has 0 bridgehead atoms. The number of halogens is 1. The van der Waals surface area contributed by atoms with Gasteiger partial charge in [-0.15, -0.1) is 21.8 Å². The maximum atomic E-state index is 5.73. The van der Waals surface area contributed by atoms with E-state index in [0.717, 1.165) is 28.6 Å². The van der Waals surface area contributed by atoms with E-state index in [1.165, 1.54) is 0 Å². The van der Waals surface area contributed by atoms with Gasteiger partial charge in [0.15, 0.2) is 0 Å². The molecule has 2 heterocycles. The molecule has 0 N–H and O–H groups in total. The fraction of sp³-hybridized carbons (Fsp3) is 0.267. The van der Waals surface area contributed by atoms with Gasteiger partial charge in [0.2, 0.25) is 11.8 Å². The number of hydrogen-bond acceptors (Lipinski definition) is 4. The lowest BCUT2D eigenvalue weighted by Gasteiger charge is -2.03. The first-order valence-electron chi connectivity index (χ1n) is 6.53. The van der Waals surface area contributed by atoms with Gasteiger partial charge < -0.3 is 4.42 Å². The van der Waals surface area contributed by atoms with Crippen molar-refractivity contribution >= 4 is 22.5 Å². The second kappa shape index (κ2) is 5.59. The van der Waals surface area contributed by atoms with Crippen LogP contribution in [0.5, 0.6) is 0 Å². The van der Waals surface area contributed by atoms with Gasteiger partial charge in [0.05, 0.1) is 5.52 Å². The summed E-state index contributed by atoms with van der Waals surface area (Å²) >= 11 is 5.68. The highest BCUT2D eigenvalue weighted by Crippen LogP contribution is 2.27. The van der Waals surface area contributed by atoms with Gasteiger partial charge in [0, 0.05) is 28.9 Å². The van der Waals surface area contributed by atoms with E-state index in [1.54, 1.807) is 0 Å². The molecule has 5 heteroatoms. The van der Waals surface area contributed by atoms with Crippen molar-refractivity contribution in [2.75, 3.05) is 5.88 Å². The third-order valence-corrected chi connectivity index (χ3v) is 3.33. The molecule has 20 heavy (non-hydrogen) atoms. The lowest BCUT2D eigenvalue weighted by molar-refractivity contribution is 0.503. The van der Waals surface area contributed by atoms with Crippen molar-refractivity contribution in [2.24, 2.45) is 0 Å². The molecule has 0 aliphatic rings. The molecule has 3 rings (SSSR count). The molecule has 0 saturated heterocycles. The molecule has 1 aromatic carbocycles. The smallest absolute Gasteiger partial charge is 0.248 e. The van der Waals surface area contributed by atoms with Crippen LogP contribution in [0.2, 0.25) is 0 Å². The minimum absolute atomic E-state index is 0.538. The van der Waals surface area contributed by atoms with E-state index in [-0.39, 0.29) is 0 Å². The number of alkyl halides is 1. The minimum Gasteiger partial charge on any atom is -0.421 e. The van der Waals surface area contributed by atoms with E-state index in [0.29, 0.717) is 24.1 Å². The molecule has 0 radical (unpaired) electrons. The summed E-state index contributed by atoms with van der Waals surface area (Å²) < 4.78 is 5.73. The molecule has 4 nitrogen and oxygen atoms in total. The molecule has 0 atom stereocenters. The Morgan fingerprint density at radius 2 is 2.05 bits per heavy atom. The number of rotatable bonds is 4. The van der Waals surface area contributed by atoms with Gasteiger partial charge in [0.1, 0.15) is 0 Å². The maximum Gasteiger partial charge on any atom is 0.248 e. The third-order valence-electron chi connectivity index (χ3n) is 3.07. The predicted molar refractivity (Wildman–Crippen MR) is 78.8 cm³/mol. The van der Waals surface area contributed by atoms with Crippen LogP contribution in [0.3, 0.4) is 0 Å². The van der Waals surface area contributed by atoms with Crippen LogP contribution in [0.1, 0.15) is 18.0 Å². The molecule has 0 aliphatic carbocycles. The van der Waals surface area contributed by atoms with Gasteiger partial charge >= 0.3 is 0 Å². The Kier molecular flexibility index (Phi) is 3.65. The van der Waals surface area contributed by atoms with Crippen molar-refractivity contribution in [1.82, 2.24) is 15.2 Å². The van der Waals surface area contributed by atoms with Crippen LogP contribution in [0.15, 0.2) is 34.7 Å². The summed E-state index contributed by atoms with van der Waals surface area (Å²) in [5.74, 6) is 1.75. The first kappa shape index (κ1) is 13.1. The Morgan fingerprint density at radius 3 is 2.90 bits per heavy atom. The van der Waals surface area contributed by atoms with E-state index in [9.17, 15) is 0 Å². The summed E-state index contributed by atoms with van der Waals surface area (Å²) in [7, 11) is 0. The Morgan fingerprint density at radius 1 is 1.20 bits per heavy atom. The number of benzene rings is 1. The van der Waals surface area contributed by atoms with Crippen LogP contribution in [0, 0.1) is 6.92 Å². The molecule has 0 saturated carbocycles.